The third-order valence-electron chi connectivity index (χ3n) is 6.41. The number of carbonyl (C=O) groups excluding carboxylic acids is 3. The number of rotatable bonds is 14. The zero-order chi connectivity index (χ0) is 25.2. The molecule has 4 atom stereocenters. The normalized spacial score (nSPS) is 21.5. The molecule has 35 heavy (non-hydrogen) atoms. The van der Waals surface area contributed by atoms with Crippen molar-refractivity contribution in [2.45, 2.75) is 62.3 Å². The van der Waals surface area contributed by atoms with Crippen LogP contribution in [0.25, 0.3) is 0 Å². The summed E-state index contributed by atoms with van der Waals surface area (Å²) >= 11 is 1.88. The van der Waals surface area contributed by atoms with Gasteiger partial charge in [0.1, 0.15) is 0 Å². The number of hydrogen-bond donors (Lipinski definition) is 6. The zero-order valence-electron chi connectivity index (χ0n) is 19.8. The van der Waals surface area contributed by atoms with E-state index < -0.39 is 11.9 Å². The summed E-state index contributed by atoms with van der Waals surface area (Å²) in [6, 6.07) is 6.77. The monoisotopic (exact) mass is 505 g/mol. The van der Waals surface area contributed by atoms with E-state index in [1.54, 1.807) is 24.3 Å². The van der Waals surface area contributed by atoms with Gasteiger partial charge < -0.3 is 32.1 Å². The number of thioether (sulfide) groups is 1. The van der Waals surface area contributed by atoms with Crippen LogP contribution < -0.4 is 27.0 Å². The van der Waals surface area contributed by atoms with Crippen molar-refractivity contribution in [3.63, 3.8) is 0 Å². The van der Waals surface area contributed by atoms with Crippen LogP contribution in [0.1, 0.15) is 55.3 Å². The fraction of sp³-hybridized carbons (Fsp3) is 0.583. The highest BCUT2D eigenvalue weighted by Crippen LogP contribution is 2.33. The van der Waals surface area contributed by atoms with Gasteiger partial charge in [-0.1, -0.05) is 12.8 Å². The molecule has 10 nitrogen and oxygen atoms in total. The number of hydrogen-bond acceptors (Lipinski definition) is 6. The predicted molar refractivity (Wildman–Crippen MR) is 135 cm³/mol. The van der Waals surface area contributed by atoms with Crippen LogP contribution in [-0.4, -0.2) is 65.1 Å². The van der Waals surface area contributed by atoms with E-state index >= 15 is 0 Å². The molecule has 7 N–H and O–H groups in total. The average molecular weight is 506 g/mol. The molecule has 2 aliphatic rings. The fourth-order valence-corrected chi connectivity index (χ4v) is 5.91. The van der Waals surface area contributed by atoms with Crippen LogP contribution >= 0.6 is 11.8 Å². The molecular formula is C24H35N5O5S. The number of carboxylic acids is 1. The Morgan fingerprint density at radius 1 is 1.09 bits per heavy atom. The number of benzene rings is 1. The number of anilines is 1. The van der Waals surface area contributed by atoms with Crippen LogP contribution in [-0.2, 0) is 9.59 Å². The van der Waals surface area contributed by atoms with Crippen molar-refractivity contribution in [3.8, 4) is 0 Å². The maximum Gasteiger partial charge on any atom is 0.315 e. The second kappa shape index (κ2) is 13.2. The number of nitrogen functional groups attached to an aromatic ring is 1. The summed E-state index contributed by atoms with van der Waals surface area (Å²) in [6.45, 7) is 0.550. The molecule has 0 aromatic heterocycles. The molecule has 2 aliphatic heterocycles. The van der Waals surface area contributed by atoms with E-state index in [2.05, 4.69) is 21.3 Å². The van der Waals surface area contributed by atoms with Crippen molar-refractivity contribution in [3.05, 3.63) is 29.8 Å². The SMILES string of the molecule is Nc1ccc(C(=O)NCC(CCCCNC(=O)CCCCC2SC[C@@H]3NC(=O)N[C@H]23)C(=O)O)cc1. The molecule has 192 valence electrons. The Morgan fingerprint density at radius 2 is 1.86 bits per heavy atom. The minimum atomic E-state index is -0.952. The molecular weight excluding hydrogens is 470 g/mol. The second-order valence-corrected chi connectivity index (χ2v) is 10.4. The number of aliphatic carboxylic acids is 1. The zero-order valence-corrected chi connectivity index (χ0v) is 20.6. The molecule has 2 fully saturated rings. The van der Waals surface area contributed by atoms with Gasteiger partial charge in [0.15, 0.2) is 0 Å². The van der Waals surface area contributed by atoms with Gasteiger partial charge >= 0.3 is 12.0 Å². The van der Waals surface area contributed by atoms with E-state index in [0.717, 1.165) is 25.0 Å². The van der Waals surface area contributed by atoms with Crippen molar-refractivity contribution < 1.29 is 24.3 Å². The summed E-state index contributed by atoms with van der Waals surface area (Å²) in [7, 11) is 0. The third-order valence-corrected chi connectivity index (χ3v) is 7.92. The van der Waals surface area contributed by atoms with Gasteiger partial charge in [0.05, 0.1) is 18.0 Å². The topological polar surface area (TPSA) is 163 Å². The van der Waals surface area contributed by atoms with Crippen molar-refractivity contribution in [1.82, 2.24) is 21.3 Å². The van der Waals surface area contributed by atoms with E-state index in [4.69, 9.17) is 5.73 Å². The van der Waals surface area contributed by atoms with Crippen LogP contribution in [0.3, 0.4) is 0 Å². The quantitative estimate of drug-likeness (QED) is 0.127. The third kappa shape index (κ3) is 8.34. The Kier molecular flexibility index (Phi) is 10.1. The van der Waals surface area contributed by atoms with Crippen molar-refractivity contribution in [2.24, 2.45) is 5.92 Å². The standard InChI is InChI=1S/C24H35N5O5S/c25-17-10-8-15(9-11-17)22(31)27-13-16(23(32)33)5-3-4-12-26-20(30)7-2-1-6-19-21-18(14-35-19)28-24(34)29-21/h8-11,16,18-19,21H,1-7,12-14,25H2,(H,26,30)(H,27,31)(H,32,33)(H2,28,29,34)/t16?,18-,19?,21-/m0/s1. The number of urea groups is 1. The highest BCUT2D eigenvalue weighted by atomic mass is 32.2. The summed E-state index contributed by atoms with van der Waals surface area (Å²) in [5.41, 5.74) is 6.59. The van der Waals surface area contributed by atoms with Crippen LogP contribution in [0.15, 0.2) is 24.3 Å². The molecule has 0 spiro atoms. The molecule has 11 heteroatoms. The Morgan fingerprint density at radius 3 is 2.60 bits per heavy atom. The molecule has 3 rings (SSSR count). The second-order valence-electron chi connectivity index (χ2n) is 9.08. The first-order valence-corrected chi connectivity index (χ1v) is 13.2. The number of nitrogens with two attached hydrogens (primary N) is 1. The highest BCUT2D eigenvalue weighted by Gasteiger charge is 2.42. The maximum absolute atomic E-state index is 12.2. The Balaban J connectivity index is 1.22. The summed E-state index contributed by atoms with van der Waals surface area (Å²) in [6.07, 6.45) is 4.91. The predicted octanol–water partition coefficient (Wildman–Crippen LogP) is 1.71. The highest BCUT2D eigenvalue weighted by molar-refractivity contribution is 8.00. The summed E-state index contributed by atoms with van der Waals surface area (Å²) in [4.78, 5) is 47.2. The Bertz CT molecular complexity index is 897. The molecule has 0 aliphatic carbocycles. The van der Waals surface area contributed by atoms with Crippen molar-refractivity contribution in [1.29, 1.82) is 0 Å². The van der Waals surface area contributed by atoms with Crippen LogP contribution in [0, 0.1) is 5.92 Å². The lowest BCUT2D eigenvalue weighted by Crippen LogP contribution is -2.36. The van der Waals surface area contributed by atoms with Gasteiger partial charge in [0, 0.05) is 41.8 Å². The molecule has 0 saturated carbocycles. The Hall–Kier alpha value is -2.95. The first-order chi connectivity index (χ1) is 16.8. The lowest BCUT2D eigenvalue weighted by Gasteiger charge is -2.16. The van der Waals surface area contributed by atoms with Gasteiger partial charge in [0.2, 0.25) is 5.91 Å². The Labute approximate surface area is 209 Å². The number of amides is 4. The van der Waals surface area contributed by atoms with Gasteiger partial charge in [-0.2, -0.15) is 11.8 Å². The summed E-state index contributed by atoms with van der Waals surface area (Å²) in [5.74, 6) is -1.03. The summed E-state index contributed by atoms with van der Waals surface area (Å²) < 4.78 is 0. The molecule has 1 aromatic rings. The molecule has 2 heterocycles. The minimum Gasteiger partial charge on any atom is -0.481 e. The first kappa shape index (κ1) is 26.7. The average Bonchev–Trinajstić information content (AvgIpc) is 3.37. The number of carbonyl (C=O) groups is 4. The fourth-order valence-electron chi connectivity index (χ4n) is 4.37. The number of nitrogens with one attached hydrogen (secondary N) is 4. The molecule has 0 bridgehead atoms. The van der Waals surface area contributed by atoms with Crippen molar-refractivity contribution >= 4 is 41.3 Å². The van der Waals surface area contributed by atoms with Crippen LogP contribution in [0.2, 0.25) is 0 Å². The number of carboxylic acid groups (broad SMARTS) is 1. The lowest BCUT2D eigenvalue weighted by atomic mass is 10.0. The molecule has 0 radical (unpaired) electrons. The van der Waals surface area contributed by atoms with Gasteiger partial charge in [-0.15, -0.1) is 0 Å². The van der Waals surface area contributed by atoms with Crippen molar-refractivity contribution in [2.75, 3.05) is 24.6 Å². The molecule has 2 unspecified atom stereocenters. The van der Waals surface area contributed by atoms with Crippen LogP contribution in [0.4, 0.5) is 10.5 Å². The van der Waals surface area contributed by atoms with E-state index in [0.29, 0.717) is 48.7 Å². The van der Waals surface area contributed by atoms with Gasteiger partial charge in [0.25, 0.3) is 5.91 Å². The van der Waals surface area contributed by atoms with Gasteiger partial charge in [-0.25, -0.2) is 4.79 Å². The lowest BCUT2D eigenvalue weighted by molar-refractivity contribution is -0.141. The van der Waals surface area contributed by atoms with Crippen LogP contribution in [0.5, 0.6) is 0 Å². The number of fused-ring (bicyclic) bond motifs is 1. The molecule has 2 saturated heterocycles. The minimum absolute atomic E-state index is 0.00309. The van der Waals surface area contributed by atoms with Gasteiger partial charge in [-0.05, 0) is 49.9 Å². The largest absolute Gasteiger partial charge is 0.481 e. The van der Waals surface area contributed by atoms with E-state index in [1.165, 1.54) is 0 Å². The summed E-state index contributed by atoms with van der Waals surface area (Å²) in [5, 5.41) is 21.3. The number of unbranched alkanes of at least 4 members (excludes halogenated alkanes) is 2. The first-order valence-electron chi connectivity index (χ1n) is 12.2. The van der Waals surface area contributed by atoms with E-state index in [-0.39, 0.29) is 36.5 Å². The molecule has 1 aromatic carbocycles. The smallest absolute Gasteiger partial charge is 0.315 e. The molecule has 4 amide bonds. The maximum atomic E-state index is 12.2. The van der Waals surface area contributed by atoms with Gasteiger partial charge in [-0.3, -0.25) is 14.4 Å². The van der Waals surface area contributed by atoms with E-state index in [9.17, 15) is 24.3 Å². The van der Waals surface area contributed by atoms with E-state index in [1.807, 2.05) is 11.8 Å².